The summed E-state index contributed by atoms with van der Waals surface area (Å²) < 4.78 is 5.64. The van der Waals surface area contributed by atoms with Crippen LogP contribution in [-0.4, -0.2) is 36.9 Å². The molecule has 2 aromatic rings. The minimum Gasteiger partial charge on any atom is -0.491 e. The van der Waals surface area contributed by atoms with Gasteiger partial charge in [0.2, 0.25) is 0 Å². The van der Waals surface area contributed by atoms with Crippen LogP contribution in [0.25, 0.3) is 0 Å². The van der Waals surface area contributed by atoms with Gasteiger partial charge in [-0.1, -0.05) is 12.1 Å². The Bertz CT molecular complexity index is 780. The second-order valence-corrected chi connectivity index (χ2v) is 7.80. The van der Waals surface area contributed by atoms with Crippen LogP contribution in [0, 0.1) is 5.92 Å². The number of nitrogens with two attached hydrogens (primary N) is 1. The molecule has 6 heteroatoms. The SMILES string of the molecule is CC(C)Oc1ccc(NC(N)=NCc2ccc(N3CCC(CO)CC3)cc2)cc1. The van der Waals surface area contributed by atoms with E-state index in [4.69, 9.17) is 10.5 Å². The Morgan fingerprint density at radius 1 is 1.14 bits per heavy atom. The molecule has 2 aromatic carbocycles. The van der Waals surface area contributed by atoms with E-state index < -0.39 is 0 Å². The Labute approximate surface area is 173 Å². The van der Waals surface area contributed by atoms with Gasteiger partial charge in [-0.15, -0.1) is 0 Å². The zero-order valence-electron chi connectivity index (χ0n) is 17.3. The standard InChI is InChI=1S/C23H32N4O2/c1-17(2)29-22-9-5-20(6-10-22)26-23(24)25-15-18-3-7-21(8-4-18)27-13-11-19(16-28)12-14-27/h3-10,17,19,28H,11-16H2,1-2H3,(H3,24,25,26). The Balaban J connectivity index is 1.50. The molecule has 29 heavy (non-hydrogen) atoms. The molecular formula is C23H32N4O2. The number of aliphatic imine (C=N–C) groups is 1. The van der Waals surface area contributed by atoms with Crippen molar-refractivity contribution < 1.29 is 9.84 Å². The lowest BCUT2D eigenvalue weighted by atomic mass is 9.97. The lowest BCUT2D eigenvalue weighted by Gasteiger charge is -2.32. The van der Waals surface area contributed by atoms with Crippen molar-refractivity contribution in [3.63, 3.8) is 0 Å². The van der Waals surface area contributed by atoms with Crippen LogP contribution in [-0.2, 0) is 6.54 Å². The van der Waals surface area contributed by atoms with Crippen molar-refractivity contribution in [3.05, 3.63) is 54.1 Å². The molecule has 0 aromatic heterocycles. The van der Waals surface area contributed by atoms with Crippen LogP contribution < -0.4 is 20.7 Å². The third-order valence-electron chi connectivity index (χ3n) is 5.10. The van der Waals surface area contributed by atoms with Crippen LogP contribution in [0.15, 0.2) is 53.5 Å². The summed E-state index contributed by atoms with van der Waals surface area (Å²) in [5.74, 6) is 1.67. The molecule has 0 saturated carbocycles. The van der Waals surface area contributed by atoms with Crippen molar-refractivity contribution in [2.75, 3.05) is 29.9 Å². The molecule has 156 valence electrons. The summed E-state index contributed by atoms with van der Waals surface area (Å²) >= 11 is 0. The Hall–Kier alpha value is -2.73. The normalized spacial score (nSPS) is 15.6. The van der Waals surface area contributed by atoms with Crippen LogP contribution >= 0.6 is 0 Å². The number of benzene rings is 2. The van der Waals surface area contributed by atoms with Crippen molar-refractivity contribution in [1.29, 1.82) is 0 Å². The number of guanidine groups is 1. The summed E-state index contributed by atoms with van der Waals surface area (Å²) in [7, 11) is 0. The Morgan fingerprint density at radius 2 is 1.79 bits per heavy atom. The van der Waals surface area contributed by atoms with E-state index in [0.717, 1.165) is 42.9 Å². The number of piperidine rings is 1. The zero-order valence-corrected chi connectivity index (χ0v) is 17.3. The van der Waals surface area contributed by atoms with E-state index in [1.165, 1.54) is 5.69 Å². The lowest BCUT2D eigenvalue weighted by Crippen LogP contribution is -2.34. The highest BCUT2D eigenvalue weighted by Crippen LogP contribution is 2.23. The number of ether oxygens (including phenoxy) is 1. The minimum absolute atomic E-state index is 0.152. The molecule has 0 radical (unpaired) electrons. The summed E-state index contributed by atoms with van der Waals surface area (Å²) in [6.07, 6.45) is 2.25. The maximum absolute atomic E-state index is 9.27. The van der Waals surface area contributed by atoms with Gasteiger partial charge in [-0.25, -0.2) is 4.99 Å². The monoisotopic (exact) mass is 396 g/mol. The maximum atomic E-state index is 9.27. The number of aliphatic hydroxyl groups is 1. The summed E-state index contributed by atoms with van der Waals surface area (Å²) in [4.78, 5) is 6.81. The number of aliphatic hydroxyl groups excluding tert-OH is 1. The van der Waals surface area contributed by atoms with Gasteiger partial charge in [-0.05, 0) is 74.6 Å². The third kappa shape index (κ3) is 6.39. The van der Waals surface area contributed by atoms with E-state index >= 15 is 0 Å². The maximum Gasteiger partial charge on any atom is 0.193 e. The molecule has 0 aliphatic carbocycles. The highest BCUT2D eigenvalue weighted by molar-refractivity contribution is 5.92. The van der Waals surface area contributed by atoms with Crippen LogP contribution in [0.5, 0.6) is 5.75 Å². The molecule has 1 heterocycles. The van der Waals surface area contributed by atoms with Gasteiger partial charge in [0.15, 0.2) is 5.96 Å². The van der Waals surface area contributed by atoms with E-state index in [1.54, 1.807) is 0 Å². The minimum atomic E-state index is 0.152. The summed E-state index contributed by atoms with van der Waals surface area (Å²) in [5.41, 5.74) is 9.24. The molecule has 6 nitrogen and oxygen atoms in total. The molecular weight excluding hydrogens is 364 g/mol. The van der Waals surface area contributed by atoms with Gasteiger partial charge >= 0.3 is 0 Å². The van der Waals surface area contributed by atoms with Gasteiger partial charge in [0.05, 0.1) is 12.6 Å². The fourth-order valence-corrected chi connectivity index (χ4v) is 3.44. The van der Waals surface area contributed by atoms with Crippen LogP contribution in [0.3, 0.4) is 0 Å². The first-order valence-electron chi connectivity index (χ1n) is 10.3. The second-order valence-electron chi connectivity index (χ2n) is 7.80. The fraction of sp³-hybridized carbons (Fsp3) is 0.435. The number of rotatable bonds is 7. The predicted octanol–water partition coefficient (Wildman–Crippen LogP) is 3.61. The molecule has 0 unspecified atom stereocenters. The van der Waals surface area contributed by atoms with Crippen molar-refractivity contribution in [3.8, 4) is 5.75 Å². The highest BCUT2D eigenvalue weighted by atomic mass is 16.5. The van der Waals surface area contributed by atoms with Crippen molar-refractivity contribution in [2.24, 2.45) is 16.6 Å². The van der Waals surface area contributed by atoms with Gasteiger partial charge in [-0.3, -0.25) is 0 Å². The van der Waals surface area contributed by atoms with E-state index in [2.05, 4.69) is 39.5 Å². The zero-order chi connectivity index (χ0) is 20.6. The molecule has 0 amide bonds. The van der Waals surface area contributed by atoms with E-state index in [9.17, 15) is 5.11 Å². The number of hydrogen-bond acceptors (Lipinski definition) is 4. The average Bonchev–Trinajstić information content (AvgIpc) is 2.74. The van der Waals surface area contributed by atoms with Crippen LogP contribution in [0.1, 0.15) is 32.3 Å². The Morgan fingerprint density at radius 3 is 2.38 bits per heavy atom. The van der Waals surface area contributed by atoms with E-state index in [-0.39, 0.29) is 6.10 Å². The van der Waals surface area contributed by atoms with Crippen molar-refractivity contribution >= 4 is 17.3 Å². The molecule has 1 fully saturated rings. The molecule has 4 N–H and O–H groups in total. The first-order chi connectivity index (χ1) is 14.0. The average molecular weight is 397 g/mol. The third-order valence-corrected chi connectivity index (χ3v) is 5.10. The summed E-state index contributed by atoms with van der Waals surface area (Å²) in [5, 5.41) is 12.4. The Kier molecular flexibility index (Phi) is 7.36. The van der Waals surface area contributed by atoms with Crippen LogP contribution in [0.4, 0.5) is 11.4 Å². The van der Waals surface area contributed by atoms with Gasteiger partial charge in [0.1, 0.15) is 5.75 Å². The lowest BCUT2D eigenvalue weighted by molar-refractivity contribution is 0.203. The van der Waals surface area contributed by atoms with E-state index in [0.29, 0.717) is 25.0 Å². The number of hydrogen-bond donors (Lipinski definition) is 3. The number of nitrogens with one attached hydrogen (secondary N) is 1. The fourth-order valence-electron chi connectivity index (χ4n) is 3.44. The highest BCUT2D eigenvalue weighted by Gasteiger charge is 2.18. The molecule has 0 bridgehead atoms. The van der Waals surface area contributed by atoms with E-state index in [1.807, 2.05) is 38.1 Å². The van der Waals surface area contributed by atoms with Gasteiger partial charge in [-0.2, -0.15) is 0 Å². The van der Waals surface area contributed by atoms with Crippen LogP contribution in [0.2, 0.25) is 0 Å². The van der Waals surface area contributed by atoms with Crippen molar-refractivity contribution in [1.82, 2.24) is 0 Å². The van der Waals surface area contributed by atoms with Gasteiger partial charge in [0.25, 0.3) is 0 Å². The predicted molar refractivity (Wildman–Crippen MR) is 120 cm³/mol. The first kappa shape index (κ1) is 21.0. The van der Waals surface area contributed by atoms with Gasteiger partial charge < -0.3 is 25.8 Å². The smallest absolute Gasteiger partial charge is 0.193 e. The molecule has 1 aliphatic rings. The van der Waals surface area contributed by atoms with Gasteiger partial charge in [0, 0.05) is 31.1 Å². The molecule has 1 aliphatic heterocycles. The quantitative estimate of drug-likeness (QED) is 0.492. The second kappa shape index (κ2) is 10.2. The topological polar surface area (TPSA) is 83.1 Å². The van der Waals surface area contributed by atoms with Crippen molar-refractivity contribution in [2.45, 2.75) is 39.3 Å². The number of nitrogens with zero attached hydrogens (tertiary/aromatic N) is 2. The molecule has 0 atom stereocenters. The molecule has 1 saturated heterocycles. The largest absolute Gasteiger partial charge is 0.491 e. The molecule has 3 rings (SSSR count). The number of anilines is 2. The summed E-state index contributed by atoms with van der Waals surface area (Å²) in [6.45, 7) is 6.84. The molecule has 0 spiro atoms. The first-order valence-corrected chi connectivity index (χ1v) is 10.3. The summed E-state index contributed by atoms with van der Waals surface area (Å²) in [6, 6.07) is 16.2.